The Labute approximate surface area is 264 Å². The number of hydrogen-bond acceptors (Lipinski definition) is 9. The van der Waals surface area contributed by atoms with Crippen molar-refractivity contribution in [2.45, 2.75) is 40.2 Å². The van der Waals surface area contributed by atoms with Crippen LogP contribution in [0.25, 0.3) is 21.6 Å². The summed E-state index contributed by atoms with van der Waals surface area (Å²) in [6.07, 6.45) is 2.63. The van der Waals surface area contributed by atoms with E-state index < -0.39 is 17.7 Å². The molecule has 5 aromatic rings. The van der Waals surface area contributed by atoms with Gasteiger partial charge in [-0.1, -0.05) is 37.3 Å². The number of fused-ring (bicyclic) bond motifs is 2. The van der Waals surface area contributed by atoms with Gasteiger partial charge in [0.05, 0.1) is 47.8 Å². The Morgan fingerprint density at radius 1 is 1.04 bits per heavy atom. The Hall–Kier alpha value is -4.90. The number of aromatic nitrogens is 3. The van der Waals surface area contributed by atoms with Crippen molar-refractivity contribution < 1.29 is 28.9 Å². The first-order chi connectivity index (χ1) is 21.7. The quantitative estimate of drug-likeness (QED) is 0.103. The smallest absolute Gasteiger partial charge is 0.301 e. The molecule has 1 atom stereocenters. The summed E-state index contributed by atoms with van der Waals surface area (Å²) in [7, 11) is 1.58. The second-order valence-electron chi connectivity index (χ2n) is 11.1. The second-order valence-corrected chi connectivity index (χ2v) is 12.2. The van der Waals surface area contributed by atoms with Crippen molar-refractivity contribution >= 4 is 49.8 Å². The maximum Gasteiger partial charge on any atom is 0.301 e. The van der Waals surface area contributed by atoms with E-state index in [0.29, 0.717) is 69.6 Å². The number of rotatable bonds is 10. The molecule has 2 aromatic carbocycles. The number of aliphatic hydroxyl groups excluding tert-OH is 1. The highest BCUT2D eigenvalue weighted by atomic mass is 32.1. The number of ketones is 1. The topological polar surface area (TPSA) is 115 Å². The zero-order chi connectivity index (χ0) is 31.8. The number of thiazole rings is 1. The number of aryl methyl sites for hydroxylation is 1. The average molecular weight is 627 g/mol. The van der Waals surface area contributed by atoms with Gasteiger partial charge in [0.2, 0.25) is 0 Å². The molecule has 10 nitrogen and oxygen atoms in total. The molecule has 0 saturated carbocycles. The molecule has 6 rings (SSSR count). The summed E-state index contributed by atoms with van der Waals surface area (Å²) in [5.74, 6) is 0.205. The maximum atomic E-state index is 13.9. The van der Waals surface area contributed by atoms with Gasteiger partial charge in [-0.2, -0.15) is 0 Å². The molecule has 1 N–H and O–H groups in total. The van der Waals surface area contributed by atoms with E-state index in [2.05, 4.69) is 18.8 Å². The lowest BCUT2D eigenvalue weighted by Crippen LogP contribution is -2.29. The van der Waals surface area contributed by atoms with Gasteiger partial charge in [-0.3, -0.25) is 18.9 Å². The molecule has 1 aliphatic heterocycles. The molecule has 1 unspecified atom stereocenters. The fraction of sp³-hybridized carbons (Fsp3) is 0.294. The molecular weight excluding hydrogens is 592 g/mol. The number of carbonyl (C=O) groups excluding carboxylic acids is 2. The van der Waals surface area contributed by atoms with Crippen LogP contribution in [0.15, 0.2) is 66.4 Å². The summed E-state index contributed by atoms with van der Waals surface area (Å²) >= 11 is 1.26. The minimum atomic E-state index is -1.01. The number of methoxy groups -OCH3 is 1. The Morgan fingerprint density at radius 3 is 2.62 bits per heavy atom. The van der Waals surface area contributed by atoms with E-state index in [1.165, 1.54) is 16.2 Å². The van der Waals surface area contributed by atoms with Gasteiger partial charge in [0, 0.05) is 6.20 Å². The highest BCUT2D eigenvalue weighted by Gasteiger charge is 2.49. The fourth-order valence-corrected chi connectivity index (χ4v) is 6.50. The summed E-state index contributed by atoms with van der Waals surface area (Å²) < 4.78 is 19.9. The second kappa shape index (κ2) is 12.2. The molecule has 0 bridgehead atoms. The molecule has 0 spiro atoms. The van der Waals surface area contributed by atoms with Crippen LogP contribution >= 0.6 is 11.3 Å². The predicted molar refractivity (Wildman–Crippen MR) is 173 cm³/mol. The Morgan fingerprint density at radius 2 is 1.87 bits per heavy atom. The summed E-state index contributed by atoms with van der Waals surface area (Å²) in [6, 6.07) is 15.2. The van der Waals surface area contributed by atoms with E-state index in [4.69, 9.17) is 19.2 Å². The fourth-order valence-electron chi connectivity index (χ4n) is 5.48. The van der Waals surface area contributed by atoms with Crippen LogP contribution in [0.5, 0.6) is 17.2 Å². The summed E-state index contributed by atoms with van der Waals surface area (Å²) in [5.41, 5.74) is 2.59. The van der Waals surface area contributed by atoms with Crippen LogP contribution < -0.4 is 19.1 Å². The normalized spacial score (nSPS) is 16.3. The van der Waals surface area contributed by atoms with E-state index in [9.17, 15) is 14.7 Å². The molecule has 0 radical (unpaired) electrons. The summed E-state index contributed by atoms with van der Waals surface area (Å²) in [5, 5.41) is 12.2. The van der Waals surface area contributed by atoms with E-state index in [1.54, 1.807) is 55.0 Å². The monoisotopic (exact) mass is 626 g/mol. The highest BCUT2D eigenvalue weighted by Crippen LogP contribution is 2.46. The Kier molecular flexibility index (Phi) is 8.20. The molecule has 4 heterocycles. The number of imidazole rings is 1. The molecule has 3 aromatic heterocycles. The van der Waals surface area contributed by atoms with Gasteiger partial charge in [-0.25, -0.2) is 9.97 Å². The number of benzene rings is 2. The van der Waals surface area contributed by atoms with Gasteiger partial charge < -0.3 is 19.3 Å². The van der Waals surface area contributed by atoms with Crippen LogP contribution in [0.1, 0.15) is 50.2 Å². The number of ether oxygens (including phenoxy) is 3. The largest absolute Gasteiger partial charge is 0.505 e. The van der Waals surface area contributed by atoms with Crippen molar-refractivity contribution in [1.82, 2.24) is 14.4 Å². The van der Waals surface area contributed by atoms with Gasteiger partial charge in [-0.05, 0) is 74.2 Å². The van der Waals surface area contributed by atoms with E-state index >= 15 is 0 Å². The van der Waals surface area contributed by atoms with Crippen LogP contribution in [0.3, 0.4) is 0 Å². The number of carbonyl (C=O) groups is 2. The first-order valence-corrected chi connectivity index (χ1v) is 15.6. The van der Waals surface area contributed by atoms with Gasteiger partial charge in [0.25, 0.3) is 5.78 Å². The van der Waals surface area contributed by atoms with Crippen molar-refractivity contribution in [3.63, 3.8) is 0 Å². The zero-order valence-electron chi connectivity index (χ0n) is 25.7. The van der Waals surface area contributed by atoms with Crippen molar-refractivity contribution in [3.8, 4) is 17.2 Å². The minimum absolute atomic E-state index is 0.0680. The van der Waals surface area contributed by atoms with Crippen LogP contribution in [-0.4, -0.2) is 51.5 Å². The van der Waals surface area contributed by atoms with Crippen LogP contribution in [0.4, 0.5) is 5.13 Å². The standard InChI is InChI=1S/C34H34N4O6S/c1-6-43-25-17-21(10-13-24(25)44-16-14-19(2)3)30-28(31(39)29-20(4)35-27-9-7-8-15-37(27)29)32(40)33(41)38(30)34-36-23-12-11-22(42-5)18-26(23)45-34/h7-13,15,17-19,30,39H,6,14,16H2,1-5H3/b31-28+. The molecule has 45 heavy (non-hydrogen) atoms. The number of hydrogen-bond donors (Lipinski definition) is 1. The number of anilines is 1. The lowest BCUT2D eigenvalue weighted by atomic mass is 9.96. The number of amides is 1. The van der Waals surface area contributed by atoms with Crippen molar-refractivity contribution in [3.05, 3.63) is 83.3 Å². The first kappa shape index (κ1) is 30.1. The van der Waals surface area contributed by atoms with Gasteiger partial charge in [0.1, 0.15) is 17.1 Å². The third-order valence-corrected chi connectivity index (χ3v) is 8.72. The molecule has 1 fully saturated rings. The number of aliphatic hydroxyl groups is 1. The zero-order valence-corrected chi connectivity index (χ0v) is 26.6. The SMILES string of the molecule is CCOc1cc(C2/C(=C(\O)c3c(C)nc4ccccn34)C(=O)C(=O)N2c2nc3ccc(OC)cc3s2)ccc1OCCC(C)C. The van der Waals surface area contributed by atoms with Crippen molar-refractivity contribution in [2.24, 2.45) is 5.92 Å². The molecule has 232 valence electrons. The van der Waals surface area contributed by atoms with Crippen molar-refractivity contribution in [2.75, 3.05) is 25.2 Å². The van der Waals surface area contributed by atoms with E-state index in [1.807, 2.05) is 31.2 Å². The van der Waals surface area contributed by atoms with Crippen molar-refractivity contribution in [1.29, 1.82) is 0 Å². The summed E-state index contributed by atoms with van der Waals surface area (Å²) in [6.45, 7) is 8.78. The number of pyridine rings is 1. The predicted octanol–water partition coefficient (Wildman–Crippen LogP) is 6.71. The lowest BCUT2D eigenvalue weighted by molar-refractivity contribution is -0.132. The average Bonchev–Trinajstić information content (AvgIpc) is 3.67. The lowest BCUT2D eigenvalue weighted by Gasteiger charge is -2.24. The third-order valence-electron chi connectivity index (χ3n) is 7.70. The summed E-state index contributed by atoms with van der Waals surface area (Å²) in [4.78, 5) is 38.5. The molecule has 1 aliphatic rings. The van der Waals surface area contributed by atoms with E-state index in [0.717, 1.165) is 11.1 Å². The first-order valence-electron chi connectivity index (χ1n) is 14.8. The molecule has 1 saturated heterocycles. The molecule has 1 amide bonds. The molecule has 11 heteroatoms. The highest BCUT2D eigenvalue weighted by molar-refractivity contribution is 7.22. The maximum absolute atomic E-state index is 13.9. The minimum Gasteiger partial charge on any atom is -0.505 e. The Balaban J connectivity index is 1.55. The van der Waals surface area contributed by atoms with Crippen LogP contribution in [0, 0.1) is 12.8 Å². The number of Topliss-reactive ketones (excluding diaryl/α,β-unsaturated/α-hetero) is 1. The van der Waals surface area contributed by atoms with Gasteiger partial charge >= 0.3 is 5.91 Å². The van der Waals surface area contributed by atoms with Gasteiger partial charge in [0.15, 0.2) is 22.4 Å². The third kappa shape index (κ3) is 5.48. The number of nitrogens with zero attached hydrogens (tertiary/aromatic N) is 4. The van der Waals surface area contributed by atoms with Crippen LogP contribution in [-0.2, 0) is 9.59 Å². The van der Waals surface area contributed by atoms with Crippen LogP contribution in [0.2, 0.25) is 0 Å². The molecule has 0 aliphatic carbocycles. The van der Waals surface area contributed by atoms with E-state index in [-0.39, 0.29) is 11.3 Å². The van der Waals surface area contributed by atoms with Gasteiger partial charge in [-0.15, -0.1) is 0 Å². The Bertz CT molecular complexity index is 1960. The molecular formula is C34H34N4O6S.